The van der Waals surface area contributed by atoms with E-state index in [1.807, 2.05) is 0 Å². The highest BCUT2D eigenvalue weighted by molar-refractivity contribution is 9.10. The van der Waals surface area contributed by atoms with Crippen LogP contribution in [0.2, 0.25) is 0 Å². The Morgan fingerprint density at radius 1 is 0.958 bits per heavy atom. The van der Waals surface area contributed by atoms with E-state index in [9.17, 15) is 0 Å². The first kappa shape index (κ1) is 16.6. The Hall–Kier alpha value is -0.860. The molecule has 1 unspecified atom stereocenters. The molecule has 124 valence electrons. The van der Waals surface area contributed by atoms with Crippen molar-refractivity contribution in [1.29, 1.82) is 0 Å². The van der Waals surface area contributed by atoms with Crippen molar-refractivity contribution in [3.63, 3.8) is 0 Å². The Kier molecular flexibility index (Phi) is 3.85. The van der Waals surface area contributed by atoms with Gasteiger partial charge in [-0.25, -0.2) is 0 Å². The third-order valence-corrected chi connectivity index (χ3v) is 7.97. The zero-order valence-corrected chi connectivity index (χ0v) is 17.8. The van der Waals surface area contributed by atoms with Crippen LogP contribution < -0.4 is 5.22 Å². The Morgan fingerprint density at radius 2 is 1.67 bits per heavy atom. The lowest BCUT2D eigenvalue weighted by Crippen LogP contribution is -2.30. The highest BCUT2D eigenvalue weighted by atomic mass is 79.9. The number of hydrogen-bond donors (Lipinski definition) is 0. The van der Waals surface area contributed by atoms with E-state index in [0.29, 0.717) is 11.8 Å². The first-order chi connectivity index (χ1) is 11.3. The van der Waals surface area contributed by atoms with E-state index in [4.69, 9.17) is 0 Å². The zero-order valence-electron chi connectivity index (χ0n) is 14.6. The molecule has 0 aliphatic heterocycles. The van der Waals surface area contributed by atoms with Crippen molar-refractivity contribution >= 4 is 59.5 Å². The van der Waals surface area contributed by atoms with Crippen LogP contribution >= 0.6 is 31.9 Å². The lowest BCUT2D eigenvalue weighted by molar-refractivity contribution is 0.472. The van der Waals surface area contributed by atoms with E-state index < -0.39 is 0 Å². The molecule has 3 aromatic rings. The van der Waals surface area contributed by atoms with Gasteiger partial charge in [0.1, 0.15) is 0 Å². The van der Waals surface area contributed by atoms with Gasteiger partial charge in [0.15, 0.2) is 0 Å². The van der Waals surface area contributed by atoms with E-state index in [1.54, 1.807) is 0 Å². The summed E-state index contributed by atoms with van der Waals surface area (Å²) in [6.07, 6.45) is 3.45. The van der Waals surface area contributed by atoms with Crippen LogP contribution in [0.1, 0.15) is 51.2 Å². The Labute approximate surface area is 160 Å². The van der Waals surface area contributed by atoms with Crippen LogP contribution in [0, 0.1) is 5.92 Å². The maximum absolute atomic E-state index is 4.11. The fraction of sp³-hybridized carbons (Fsp3) is 0.364. The molecule has 4 rings (SSSR count). The smallest absolute Gasteiger partial charge is 0.0569 e. The Bertz CT molecular complexity index is 1010. The highest BCUT2D eigenvalue weighted by Gasteiger charge is 2.36. The number of halogens is 2. The van der Waals surface area contributed by atoms with Crippen molar-refractivity contribution in [2.45, 2.75) is 44.4 Å². The van der Waals surface area contributed by atoms with Gasteiger partial charge in [-0.05, 0) is 62.2 Å². The normalized spacial score (nSPS) is 20.3. The van der Waals surface area contributed by atoms with Crippen molar-refractivity contribution in [2.24, 2.45) is 5.92 Å². The lowest BCUT2D eigenvalue weighted by Gasteiger charge is -2.35. The number of alkyl halides is 1. The third-order valence-electron chi connectivity index (χ3n) is 5.65. The van der Waals surface area contributed by atoms with Crippen LogP contribution in [0.5, 0.6) is 0 Å². The molecule has 0 saturated carbocycles. The zero-order chi connectivity index (χ0) is 17.2. The van der Waals surface area contributed by atoms with Crippen molar-refractivity contribution in [3.05, 3.63) is 51.2 Å². The summed E-state index contributed by atoms with van der Waals surface area (Å²) in [6, 6.07) is 11.6. The van der Waals surface area contributed by atoms with E-state index in [2.05, 4.69) is 96.0 Å². The molecular weight excluding hydrogens is 424 g/mol. The van der Waals surface area contributed by atoms with Gasteiger partial charge in [0.25, 0.3) is 0 Å². The summed E-state index contributed by atoms with van der Waals surface area (Å²) in [5.41, 5.74) is 2.87. The fourth-order valence-electron chi connectivity index (χ4n) is 4.16. The summed E-state index contributed by atoms with van der Waals surface area (Å²) < 4.78 is 1.24. The average molecular weight is 446 g/mol. The second-order valence-electron chi connectivity index (χ2n) is 7.64. The predicted octanol–water partition coefficient (Wildman–Crippen LogP) is 7.03. The molecule has 0 spiro atoms. The monoisotopic (exact) mass is 444 g/mol. The van der Waals surface area contributed by atoms with Crippen LogP contribution in [0.25, 0.3) is 27.6 Å². The first-order valence-electron chi connectivity index (χ1n) is 8.71. The summed E-state index contributed by atoms with van der Waals surface area (Å²) in [4.78, 5) is 0. The summed E-state index contributed by atoms with van der Waals surface area (Å²) in [7, 11) is 0. The largest absolute Gasteiger partial charge is 0.0795 e. The molecule has 0 saturated heterocycles. The Balaban J connectivity index is 2.26. The molecule has 0 nitrogen and oxygen atoms in total. The van der Waals surface area contributed by atoms with E-state index >= 15 is 0 Å². The van der Waals surface area contributed by atoms with Crippen molar-refractivity contribution in [3.8, 4) is 0 Å². The minimum Gasteiger partial charge on any atom is -0.0795 e. The van der Waals surface area contributed by atoms with Gasteiger partial charge in [0, 0.05) is 4.47 Å². The van der Waals surface area contributed by atoms with Crippen LogP contribution in [0.4, 0.5) is 0 Å². The van der Waals surface area contributed by atoms with E-state index in [-0.39, 0.29) is 4.32 Å². The quantitative estimate of drug-likeness (QED) is 0.371. The molecule has 0 bridgehead atoms. The van der Waals surface area contributed by atoms with E-state index in [1.165, 1.54) is 42.4 Å². The second-order valence-corrected chi connectivity index (χ2v) is 9.91. The molecule has 0 N–H and O–H groups in total. The minimum atomic E-state index is 0.0305. The van der Waals surface area contributed by atoms with Crippen LogP contribution in [-0.2, 0) is 4.32 Å². The predicted molar refractivity (Wildman–Crippen MR) is 113 cm³/mol. The fourth-order valence-corrected chi connectivity index (χ4v) is 5.23. The highest BCUT2D eigenvalue weighted by Crippen LogP contribution is 2.48. The summed E-state index contributed by atoms with van der Waals surface area (Å²) in [5, 5.41) is 6.96. The SMILES string of the molecule is CC(C)c1cc(Br)c2ccc3c4c(ccc1c24)C(Br)(C(C)C)CC=3. The van der Waals surface area contributed by atoms with Crippen LogP contribution in [0.3, 0.4) is 0 Å². The van der Waals surface area contributed by atoms with Gasteiger partial charge in [-0.2, -0.15) is 0 Å². The molecule has 1 aliphatic carbocycles. The van der Waals surface area contributed by atoms with Crippen molar-refractivity contribution in [1.82, 2.24) is 0 Å². The second kappa shape index (κ2) is 5.57. The molecule has 24 heavy (non-hydrogen) atoms. The van der Waals surface area contributed by atoms with Gasteiger partial charge >= 0.3 is 0 Å². The Morgan fingerprint density at radius 3 is 2.33 bits per heavy atom. The van der Waals surface area contributed by atoms with Gasteiger partial charge in [0.05, 0.1) is 4.32 Å². The maximum Gasteiger partial charge on any atom is 0.0569 e. The molecule has 1 atom stereocenters. The maximum atomic E-state index is 4.11. The molecule has 1 aliphatic rings. The summed E-state index contributed by atoms with van der Waals surface area (Å²) in [6.45, 7) is 9.18. The van der Waals surface area contributed by atoms with Gasteiger partial charge in [0.2, 0.25) is 0 Å². The number of rotatable bonds is 2. The van der Waals surface area contributed by atoms with Crippen molar-refractivity contribution in [2.75, 3.05) is 0 Å². The van der Waals surface area contributed by atoms with Gasteiger partial charge < -0.3 is 0 Å². The molecule has 0 radical (unpaired) electrons. The molecule has 0 fully saturated rings. The number of benzene rings is 3. The molecule has 3 aromatic carbocycles. The minimum absolute atomic E-state index is 0.0305. The topological polar surface area (TPSA) is 0 Å². The number of hydrogen-bond acceptors (Lipinski definition) is 0. The standard InChI is InChI=1S/C22H22Br2/c1-12(2)17-11-19(23)16-6-5-14-9-10-22(24,13(3)4)18-8-7-15(17)21(16)20(14)18/h5-9,11-13H,10H2,1-4H3. The third kappa shape index (κ3) is 2.15. The lowest BCUT2D eigenvalue weighted by atomic mass is 9.77. The van der Waals surface area contributed by atoms with Crippen molar-refractivity contribution < 1.29 is 0 Å². The van der Waals surface area contributed by atoms with Gasteiger partial charge in [-0.15, -0.1) is 0 Å². The molecule has 0 heterocycles. The summed E-state index contributed by atoms with van der Waals surface area (Å²) >= 11 is 7.93. The first-order valence-corrected chi connectivity index (χ1v) is 10.3. The van der Waals surface area contributed by atoms with Crippen LogP contribution in [0.15, 0.2) is 34.8 Å². The summed E-state index contributed by atoms with van der Waals surface area (Å²) in [5.74, 6) is 1.05. The van der Waals surface area contributed by atoms with Gasteiger partial charge in [-0.3, -0.25) is 0 Å². The molecule has 0 aromatic heterocycles. The van der Waals surface area contributed by atoms with Gasteiger partial charge in [-0.1, -0.05) is 89.9 Å². The molecular formula is C22H22Br2. The molecule has 2 heteroatoms. The van der Waals surface area contributed by atoms with E-state index in [0.717, 1.165) is 6.42 Å². The van der Waals surface area contributed by atoms with Crippen LogP contribution in [-0.4, -0.2) is 0 Å². The molecule has 0 amide bonds. The average Bonchev–Trinajstić information content (AvgIpc) is 2.55.